The number of nitrogens with zero attached hydrogens (tertiary/aromatic N) is 4. The number of unbranched alkanes of at least 4 members (excludes halogenated alkanes) is 1. The molecule has 0 radical (unpaired) electrons. The fourth-order valence-electron chi connectivity index (χ4n) is 3.42. The van der Waals surface area contributed by atoms with Gasteiger partial charge in [0, 0.05) is 38.8 Å². The van der Waals surface area contributed by atoms with Crippen molar-refractivity contribution in [1.82, 2.24) is 19.8 Å². The second-order valence-electron chi connectivity index (χ2n) is 7.52. The number of thiophene rings is 1. The van der Waals surface area contributed by atoms with Gasteiger partial charge in [-0.2, -0.15) is 0 Å². The van der Waals surface area contributed by atoms with E-state index in [1.807, 2.05) is 11.8 Å². The molecule has 1 atom stereocenters. The molecule has 1 N–H and O–H groups in total. The third kappa shape index (κ3) is 5.11. The predicted octanol–water partition coefficient (Wildman–Crippen LogP) is 3.66. The van der Waals surface area contributed by atoms with Crippen molar-refractivity contribution < 1.29 is 9.53 Å². The molecule has 3 heterocycles. The summed E-state index contributed by atoms with van der Waals surface area (Å²) >= 11 is 1.69. The summed E-state index contributed by atoms with van der Waals surface area (Å²) < 4.78 is 6.43. The number of carbonyl (C=O) groups is 1. The minimum Gasteiger partial charge on any atom is -0.449 e. The molecule has 1 aliphatic heterocycles. The number of amides is 1. The van der Waals surface area contributed by atoms with E-state index >= 15 is 0 Å². The maximum absolute atomic E-state index is 12.1. The van der Waals surface area contributed by atoms with Crippen molar-refractivity contribution >= 4 is 33.5 Å². The van der Waals surface area contributed by atoms with Gasteiger partial charge in [-0.05, 0) is 38.1 Å². The highest BCUT2D eigenvalue weighted by Crippen LogP contribution is 2.29. The zero-order chi connectivity index (χ0) is 20.1. The number of rotatable bonds is 7. The van der Waals surface area contributed by atoms with Gasteiger partial charge in [0.1, 0.15) is 11.6 Å². The molecule has 0 aromatic carbocycles. The summed E-state index contributed by atoms with van der Waals surface area (Å²) in [5.74, 6) is 1.71. The van der Waals surface area contributed by atoms with Crippen LogP contribution in [0, 0.1) is 13.8 Å². The van der Waals surface area contributed by atoms with Crippen LogP contribution < -0.4 is 5.32 Å². The third-order valence-corrected chi connectivity index (χ3v) is 6.07. The van der Waals surface area contributed by atoms with Gasteiger partial charge in [0.15, 0.2) is 0 Å². The molecule has 1 amide bonds. The van der Waals surface area contributed by atoms with Crippen LogP contribution in [0.1, 0.15) is 38.1 Å². The number of piperazine rings is 1. The van der Waals surface area contributed by atoms with E-state index in [9.17, 15) is 4.79 Å². The Hall–Kier alpha value is -1.93. The lowest BCUT2D eigenvalue weighted by Gasteiger charge is -2.35. The van der Waals surface area contributed by atoms with E-state index in [0.717, 1.165) is 67.4 Å². The lowest BCUT2D eigenvalue weighted by Crippen LogP contribution is -2.51. The first kappa shape index (κ1) is 20.8. The van der Waals surface area contributed by atoms with Crippen molar-refractivity contribution in [3.63, 3.8) is 0 Å². The average molecular weight is 406 g/mol. The van der Waals surface area contributed by atoms with E-state index in [-0.39, 0.29) is 12.1 Å². The fraction of sp³-hybridized carbons (Fsp3) is 0.650. The molecule has 0 spiro atoms. The number of carbonyl (C=O) groups excluding carboxylic acids is 1. The van der Waals surface area contributed by atoms with Crippen molar-refractivity contribution in [2.45, 2.75) is 46.6 Å². The van der Waals surface area contributed by atoms with Crippen LogP contribution in [0.25, 0.3) is 10.2 Å². The summed E-state index contributed by atoms with van der Waals surface area (Å²) in [4.78, 5) is 25.5. The van der Waals surface area contributed by atoms with Crippen LogP contribution in [0.5, 0.6) is 0 Å². The fourth-order valence-corrected chi connectivity index (χ4v) is 4.36. The molecule has 2 aromatic heterocycles. The number of fused-ring (bicyclic) bond motifs is 1. The Balaban J connectivity index is 1.50. The second kappa shape index (κ2) is 9.52. The maximum atomic E-state index is 12.1. The van der Waals surface area contributed by atoms with E-state index in [4.69, 9.17) is 4.74 Å². The highest BCUT2D eigenvalue weighted by molar-refractivity contribution is 7.18. The smallest absolute Gasteiger partial charge is 0.409 e. The van der Waals surface area contributed by atoms with Crippen molar-refractivity contribution in [1.29, 1.82) is 0 Å². The van der Waals surface area contributed by atoms with Gasteiger partial charge < -0.3 is 15.0 Å². The quantitative estimate of drug-likeness (QED) is 0.709. The molecule has 1 aliphatic rings. The number of hydrogen-bond acceptors (Lipinski definition) is 7. The summed E-state index contributed by atoms with van der Waals surface area (Å²) in [5.41, 5.74) is 2.24. The van der Waals surface area contributed by atoms with Gasteiger partial charge in [-0.1, -0.05) is 13.3 Å². The molecule has 0 saturated carbocycles. The zero-order valence-corrected chi connectivity index (χ0v) is 18.1. The average Bonchev–Trinajstić information content (AvgIpc) is 3.03. The molecular formula is C20H31N5O2S. The molecular weight excluding hydrogens is 374 g/mol. The van der Waals surface area contributed by atoms with Crippen LogP contribution in [-0.2, 0) is 4.74 Å². The largest absolute Gasteiger partial charge is 0.449 e. The Labute approximate surface area is 171 Å². The maximum Gasteiger partial charge on any atom is 0.409 e. The first-order valence-electron chi connectivity index (χ1n) is 10.1. The molecule has 7 nitrogen and oxygen atoms in total. The highest BCUT2D eigenvalue weighted by atomic mass is 32.1. The van der Waals surface area contributed by atoms with Gasteiger partial charge in [-0.3, -0.25) is 4.90 Å². The molecule has 0 aliphatic carbocycles. The molecule has 3 rings (SSSR count). The first-order valence-corrected chi connectivity index (χ1v) is 11.0. The Bertz CT molecular complexity index is 801. The molecule has 1 fully saturated rings. The van der Waals surface area contributed by atoms with Gasteiger partial charge >= 0.3 is 6.09 Å². The lowest BCUT2D eigenvalue weighted by atomic mass is 10.2. The van der Waals surface area contributed by atoms with Gasteiger partial charge in [0.25, 0.3) is 0 Å². The Morgan fingerprint density at radius 3 is 2.75 bits per heavy atom. The van der Waals surface area contributed by atoms with Crippen molar-refractivity contribution in [2.24, 2.45) is 0 Å². The van der Waals surface area contributed by atoms with Crippen LogP contribution >= 0.6 is 11.3 Å². The Morgan fingerprint density at radius 2 is 2.04 bits per heavy atom. The van der Waals surface area contributed by atoms with Gasteiger partial charge in [0.2, 0.25) is 0 Å². The monoisotopic (exact) mass is 405 g/mol. The number of aryl methyl sites for hydroxylation is 2. The lowest BCUT2D eigenvalue weighted by molar-refractivity contribution is 0.0749. The molecule has 0 bridgehead atoms. The van der Waals surface area contributed by atoms with E-state index in [1.54, 1.807) is 11.3 Å². The van der Waals surface area contributed by atoms with Crippen LogP contribution in [0.2, 0.25) is 0 Å². The summed E-state index contributed by atoms with van der Waals surface area (Å²) in [6.45, 7) is 12.9. The van der Waals surface area contributed by atoms with Crippen molar-refractivity contribution in [3.05, 3.63) is 16.8 Å². The van der Waals surface area contributed by atoms with Crippen molar-refractivity contribution in [2.75, 3.05) is 44.6 Å². The summed E-state index contributed by atoms with van der Waals surface area (Å²) in [6.07, 6.45) is 1.79. The summed E-state index contributed by atoms with van der Waals surface area (Å²) in [6, 6.07) is 0.253. The molecule has 1 saturated heterocycles. The highest BCUT2D eigenvalue weighted by Gasteiger charge is 2.23. The van der Waals surface area contributed by atoms with Crippen molar-refractivity contribution in [3.8, 4) is 0 Å². The van der Waals surface area contributed by atoms with E-state index in [1.165, 1.54) is 5.56 Å². The van der Waals surface area contributed by atoms with E-state index in [2.05, 4.69) is 46.3 Å². The zero-order valence-electron chi connectivity index (χ0n) is 17.3. The molecule has 28 heavy (non-hydrogen) atoms. The van der Waals surface area contributed by atoms with Crippen LogP contribution in [-0.4, -0.2) is 71.2 Å². The van der Waals surface area contributed by atoms with Crippen LogP contribution in [0.3, 0.4) is 0 Å². The third-order valence-electron chi connectivity index (χ3n) is 4.97. The van der Waals surface area contributed by atoms with Gasteiger partial charge in [-0.15, -0.1) is 11.3 Å². The van der Waals surface area contributed by atoms with Gasteiger partial charge in [0.05, 0.1) is 16.8 Å². The van der Waals surface area contributed by atoms with Crippen LogP contribution in [0.15, 0.2) is 5.38 Å². The number of anilines is 1. The van der Waals surface area contributed by atoms with E-state index < -0.39 is 0 Å². The minimum absolute atomic E-state index is 0.175. The van der Waals surface area contributed by atoms with Gasteiger partial charge in [-0.25, -0.2) is 14.8 Å². The summed E-state index contributed by atoms with van der Waals surface area (Å²) in [7, 11) is 0. The standard InChI is InChI=1S/C20H31N5O2S/c1-5-6-11-27-20(26)25-9-7-24(8-10-25)12-15(3)21-19-18-17(14(2)13-28-18)22-16(4)23-19/h13,15H,5-12H2,1-4H3,(H,21,22,23)/t15-/m0/s1. The predicted molar refractivity (Wildman–Crippen MR) is 114 cm³/mol. The van der Waals surface area contributed by atoms with E-state index in [0.29, 0.717) is 6.61 Å². The molecule has 0 unspecified atom stereocenters. The molecule has 8 heteroatoms. The second-order valence-corrected chi connectivity index (χ2v) is 8.40. The number of aromatic nitrogens is 2. The normalized spacial score (nSPS) is 16.4. The topological polar surface area (TPSA) is 70.6 Å². The Morgan fingerprint density at radius 1 is 1.29 bits per heavy atom. The minimum atomic E-state index is -0.175. The Kier molecular flexibility index (Phi) is 7.07. The molecule has 154 valence electrons. The number of nitrogens with one attached hydrogen (secondary N) is 1. The number of ether oxygens (including phenoxy) is 1. The SMILES string of the molecule is CCCCOC(=O)N1CCN(C[C@H](C)Nc2nc(C)nc3c(C)csc23)CC1. The number of hydrogen-bond donors (Lipinski definition) is 1. The summed E-state index contributed by atoms with van der Waals surface area (Å²) in [5, 5.41) is 5.70. The molecule has 2 aromatic rings. The van der Waals surface area contributed by atoms with Crippen LogP contribution in [0.4, 0.5) is 10.6 Å². The first-order chi connectivity index (χ1) is 13.5.